The predicted octanol–water partition coefficient (Wildman–Crippen LogP) is 4.13. The number of carbonyl (C=O) groups excluding carboxylic acids is 1. The van der Waals surface area contributed by atoms with Crippen LogP contribution in [0.2, 0.25) is 5.02 Å². The van der Waals surface area contributed by atoms with Crippen molar-refractivity contribution < 1.29 is 9.53 Å². The van der Waals surface area contributed by atoms with Crippen molar-refractivity contribution >= 4 is 33.4 Å². The minimum atomic E-state index is -0.243. The van der Waals surface area contributed by atoms with Crippen LogP contribution in [0.25, 0.3) is 0 Å². The molecule has 0 radical (unpaired) electrons. The topological polar surface area (TPSA) is 29.5 Å². The molecule has 0 saturated carbocycles. The van der Waals surface area contributed by atoms with Crippen LogP contribution in [0.15, 0.2) is 46.9 Å². The lowest BCUT2D eigenvalue weighted by atomic mass is 9.89. The third-order valence-electron chi connectivity index (χ3n) is 4.58. The van der Waals surface area contributed by atoms with Crippen LogP contribution in [0.4, 0.5) is 0 Å². The fourth-order valence-corrected chi connectivity index (χ4v) is 4.03. The monoisotopic (exact) mass is 391 g/mol. The van der Waals surface area contributed by atoms with Gasteiger partial charge < -0.3 is 9.64 Å². The Labute approximate surface area is 148 Å². The van der Waals surface area contributed by atoms with Crippen molar-refractivity contribution in [3.63, 3.8) is 0 Å². The average molecular weight is 393 g/mol. The zero-order valence-electron chi connectivity index (χ0n) is 12.3. The summed E-state index contributed by atoms with van der Waals surface area (Å²) in [4.78, 5) is 14.8. The summed E-state index contributed by atoms with van der Waals surface area (Å²) in [5.41, 5.74) is 3.07. The highest BCUT2D eigenvalue weighted by atomic mass is 79.9. The fraction of sp³-hybridized carbons (Fsp3) is 0.278. The molecule has 118 valence electrons. The maximum absolute atomic E-state index is 12.9. The first-order chi connectivity index (χ1) is 11.1. The second-order valence-corrected chi connectivity index (χ2v) is 7.19. The Morgan fingerprint density at radius 2 is 2.00 bits per heavy atom. The summed E-state index contributed by atoms with van der Waals surface area (Å²) < 4.78 is 6.77. The van der Waals surface area contributed by atoms with Gasteiger partial charge in [0.2, 0.25) is 5.91 Å². The van der Waals surface area contributed by atoms with E-state index in [1.54, 1.807) is 0 Å². The molecule has 2 aliphatic heterocycles. The number of hydrogen-bond donors (Lipinski definition) is 0. The Morgan fingerprint density at radius 1 is 1.22 bits per heavy atom. The molecule has 0 bridgehead atoms. The smallest absolute Gasteiger partial charge is 0.233 e. The summed E-state index contributed by atoms with van der Waals surface area (Å²) in [5.74, 6) is -0.119. The highest BCUT2D eigenvalue weighted by Gasteiger charge is 2.45. The first-order valence-electron chi connectivity index (χ1n) is 7.56. The number of hydrogen-bond acceptors (Lipinski definition) is 2. The van der Waals surface area contributed by atoms with Gasteiger partial charge in [-0.25, -0.2) is 0 Å². The van der Waals surface area contributed by atoms with E-state index in [0.717, 1.165) is 21.2 Å². The van der Waals surface area contributed by atoms with Gasteiger partial charge in [0.1, 0.15) is 0 Å². The Bertz CT molecular complexity index is 765. The molecule has 23 heavy (non-hydrogen) atoms. The van der Waals surface area contributed by atoms with Gasteiger partial charge in [0.15, 0.2) is 0 Å². The lowest BCUT2D eigenvalue weighted by Gasteiger charge is -2.27. The molecule has 4 rings (SSSR count). The standard InChI is InChI=1S/C18H15BrClNO2/c19-14-7-6-12-13(17(14)20)10-23-15-9-21(18(22)16(12)15)8-11-4-2-1-3-5-11/h1-7,15-16H,8-10H2/t15-,16-/m0/s1. The Kier molecular flexibility index (Phi) is 3.92. The van der Waals surface area contributed by atoms with E-state index in [1.165, 1.54) is 0 Å². The molecule has 5 heteroatoms. The van der Waals surface area contributed by atoms with Crippen LogP contribution in [0.5, 0.6) is 0 Å². The summed E-state index contributed by atoms with van der Waals surface area (Å²) in [5, 5.41) is 0.648. The predicted molar refractivity (Wildman–Crippen MR) is 92.3 cm³/mol. The van der Waals surface area contributed by atoms with Crippen molar-refractivity contribution in [1.29, 1.82) is 0 Å². The van der Waals surface area contributed by atoms with E-state index < -0.39 is 0 Å². The molecular weight excluding hydrogens is 378 g/mol. The molecular formula is C18H15BrClNO2. The van der Waals surface area contributed by atoms with Crippen LogP contribution in [0, 0.1) is 0 Å². The number of rotatable bonds is 2. The van der Waals surface area contributed by atoms with Crippen LogP contribution in [-0.4, -0.2) is 23.5 Å². The zero-order valence-corrected chi connectivity index (χ0v) is 14.7. The second-order valence-electron chi connectivity index (χ2n) is 5.96. The Morgan fingerprint density at radius 3 is 2.78 bits per heavy atom. The third kappa shape index (κ3) is 2.59. The molecule has 2 aromatic carbocycles. The molecule has 2 aliphatic rings. The molecule has 0 aliphatic carbocycles. The summed E-state index contributed by atoms with van der Waals surface area (Å²) in [7, 11) is 0. The molecule has 2 aromatic rings. The zero-order chi connectivity index (χ0) is 16.0. The van der Waals surface area contributed by atoms with Crippen molar-refractivity contribution in [2.75, 3.05) is 6.54 Å². The average Bonchev–Trinajstić information content (AvgIpc) is 2.88. The van der Waals surface area contributed by atoms with Gasteiger partial charge in [0.25, 0.3) is 0 Å². The summed E-state index contributed by atoms with van der Waals surface area (Å²) in [6.45, 7) is 1.71. The van der Waals surface area contributed by atoms with Crippen LogP contribution in [-0.2, 0) is 22.7 Å². The largest absolute Gasteiger partial charge is 0.370 e. The van der Waals surface area contributed by atoms with Crippen molar-refractivity contribution in [3.05, 3.63) is 68.7 Å². The van der Waals surface area contributed by atoms with E-state index in [0.29, 0.717) is 24.7 Å². The number of fused-ring (bicyclic) bond motifs is 3. The van der Waals surface area contributed by atoms with Crippen molar-refractivity contribution in [2.24, 2.45) is 0 Å². The Hall–Kier alpha value is -1.36. The van der Waals surface area contributed by atoms with Gasteiger partial charge >= 0.3 is 0 Å². The van der Waals surface area contributed by atoms with E-state index in [1.807, 2.05) is 47.4 Å². The molecule has 1 saturated heterocycles. The lowest BCUT2D eigenvalue weighted by molar-refractivity contribution is -0.130. The summed E-state index contributed by atoms with van der Waals surface area (Å²) >= 11 is 9.80. The molecule has 1 fully saturated rings. The van der Waals surface area contributed by atoms with Gasteiger partial charge in [-0.05, 0) is 33.1 Å². The van der Waals surface area contributed by atoms with Crippen LogP contribution >= 0.6 is 27.5 Å². The maximum Gasteiger partial charge on any atom is 0.233 e. The van der Waals surface area contributed by atoms with E-state index in [2.05, 4.69) is 15.9 Å². The summed E-state index contributed by atoms with van der Waals surface area (Å²) in [6.07, 6.45) is -0.0871. The van der Waals surface area contributed by atoms with E-state index >= 15 is 0 Å². The molecule has 1 amide bonds. The van der Waals surface area contributed by atoms with Gasteiger partial charge in [-0.1, -0.05) is 48.0 Å². The SMILES string of the molecule is O=C1[C@H]2c3ccc(Br)c(Cl)c3CO[C@H]2CN1Cc1ccccc1. The number of carbonyl (C=O) groups is 1. The molecule has 3 nitrogen and oxygen atoms in total. The normalized spacial score (nSPS) is 22.9. The quantitative estimate of drug-likeness (QED) is 0.769. The highest BCUT2D eigenvalue weighted by molar-refractivity contribution is 9.10. The van der Waals surface area contributed by atoms with Crippen molar-refractivity contribution in [3.8, 4) is 0 Å². The molecule has 0 spiro atoms. The fourth-order valence-electron chi connectivity index (χ4n) is 3.43. The maximum atomic E-state index is 12.9. The third-order valence-corrected chi connectivity index (χ3v) is 5.90. The van der Waals surface area contributed by atoms with Crippen LogP contribution in [0.3, 0.4) is 0 Å². The van der Waals surface area contributed by atoms with Gasteiger partial charge in [-0.15, -0.1) is 0 Å². The number of benzene rings is 2. The van der Waals surface area contributed by atoms with Crippen molar-refractivity contribution in [2.45, 2.75) is 25.2 Å². The minimum Gasteiger partial charge on any atom is -0.370 e. The van der Waals surface area contributed by atoms with Gasteiger partial charge in [-0.3, -0.25) is 4.79 Å². The van der Waals surface area contributed by atoms with E-state index in [-0.39, 0.29) is 17.9 Å². The Balaban J connectivity index is 1.64. The van der Waals surface area contributed by atoms with E-state index in [4.69, 9.17) is 16.3 Å². The number of amides is 1. The molecule has 0 N–H and O–H groups in total. The highest BCUT2D eigenvalue weighted by Crippen LogP contribution is 2.42. The first-order valence-corrected chi connectivity index (χ1v) is 8.73. The van der Waals surface area contributed by atoms with Crippen LogP contribution < -0.4 is 0 Å². The number of halogens is 2. The van der Waals surface area contributed by atoms with E-state index in [9.17, 15) is 4.79 Å². The molecule has 0 aromatic heterocycles. The second kappa shape index (κ2) is 5.93. The van der Waals surface area contributed by atoms with Crippen molar-refractivity contribution in [1.82, 2.24) is 4.90 Å². The molecule has 2 atom stereocenters. The minimum absolute atomic E-state index is 0.0871. The number of ether oxygens (including phenoxy) is 1. The first kappa shape index (κ1) is 15.2. The van der Waals surface area contributed by atoms with Gasteiger partial charge in [0, 0.05) is 23.1 Å². The summed E-state index contributed by atoms with van der Waals surface area (Å²) in [6, 6.07) is 14.0. The van der Waals surface area contributed by atoms with Gasteiger partial charge in [0.05, 0.1) is 23.7 Å². The number of nitrogens with zero attached hydrogens (tertiary/aromatic N) is 1. The van der Waals surface area contributed by atoms with Crippen LogP contribution in [0.1, 0.15) is 22.6 Å². The molecule has 0 unspecified atom stereocenters. The lowest BCUT2D eigenvalue weighted by Crippen LogP contribution is -2.28. The van der Waals surface area contributed by atoms with Gasteiger partial charge in [-0.2, -0.15) is 0 Å². The molecule has 2 heterocycles. The number of likely N-dealkylation sites (tertiary alicyclic amines) is 1.